The first-order chi connectivity index (χ1) is 6.24. The van der Waals surface area contributed by atoms with Crippen LogP contribution in [0.3, 0.4) is 0 Å². The standard InChI is InChI=1S/C11H20OSi/c1-2-3-10-4-6-11(13-10,7-5-10)8-9-12/h9H,2-8,13H2,1H3. The van der Waals surface area contributed by atoms with Gasteiger partial charge in [0.1, 0.15) is 6.29 Å². The van der Waals surface area contributed by atoms with E-state index in [1.165, 1.54) is 44.8 Å². The quantitative estimate of drug-likeness (QED) is 0.498. The molecule has 2 saturated heterocycles. The molecule has 2 heteroatoms. The Labute approximate surface area is 83.1 Å². The fourth-order valence-electron chi connectivity index (χ4n) is 3.78. The summed E-state index contributed by atoms with van der Waals surface area (Å²) < 4.78 is 0. The van der Waals surface area contributed by atoms with Crippen molar-refractivity contribution in [3.63, 3.8) is 0 Å². The maximum atomic E-state index is 10.6. The van der Waals surface area contributed by atoms with Gasteiger partial charge in [0.2, 0.25) is 0 Å². The smallest absolute Gasteiger partial charge is 0.120 e. The lowest BCUT2D eigenvalue weighted by Crippen LogP contribution is -2.13. The summed E-state index contributed by atoms with van der Waals surface area (Å²) in [5.74, 6) is 0. The van der Waals surface area contributed by atoms with Crippen molar-refractivity contribution in [2.24, 2.45) is 0 Å². The molecule has 0 aliphatic carbocycles. The van der Waals surface area contributed by atoms with Gasteiger partial charge >= 0.3 is 0 Å². The Morgan fingerprint density at radius 3 is 2.38 bits per heavy atom. The summed E-state index contributed by atoms with van der Waals surface area (Å²) >= 11 is 0. The second-order valence-corrected chi connectivity index (χ2v) is 8.65. The van der Waals surface area contributed by atoms with Crippen LogP contribution < -0.4 is 0 Å². The van der Waals surface area contributed by atoms with Crippen LogP contribution in [0.2, 0.25) is 10.1 Å². The zero-order valence-electron chi connectivity index (χ0n) is 8.64. The van der Waals surface area contributed by atoms with Gasteiger partial charge in [0.25, 0.3) is 0 Å². The lowest BCUT2D eigenvalue weighted by molar-refractivity contribution is -0.108. The normalized spacial score (nSPS) is 44.4. The van der Waals surface area contributed by atoms with Crippen molar-refractivity contribution < 1.29 is 4.79 Å². The van der Waals surface area contributed by atoms with Gasteiger partial charge in [-0.05, 0) is 22.9 Å². The van der Waals surface area contributed by atoms with Crippen LogP contribution in [-0.2, 0) is 4.79 Å². The van der Waals surface area contributed by atoms with Gasteiger partial charge < -0.3 is 4.79 Å². The minimum atomic E-state index is 0.0362. The van der Waals surface area contributed by atoms with E-state index in [9.17, 15) is 4.79 Å². The molecule has 0 aromatic carbocycles. The first kappa shape index (κ1) is 9.44. The Morgan fingerprint density at radius 1 is 1.23 bits per heavy atom. The molecule has 0 atom stereocenters. The molecule has 0 aromatic rings. The molecule has 0 amide bonds. The van der Waals surface area contributed by atoms with Crippen LogP contribution in [0.1, 0.15) is 51.9 Å². The van der Waals surface area contributed by atoms with Crippen LogP contribution in [0.25, 0.3) is 0 Å². The van der Waals surface area contributed by atoms with E-state index in [0.29, 0.717) is 5.04 Å². The van der Waals surface area contributed by atoms with Crippen LogP contribution in [0.4, 0.5) is 0 Å². The van der Waals surface area contributed by atoms with Crippen LogP contribution in [0, 0.1) is 0 Å². The van der Waals surface area contributed by atoms with Gasteiger partial charge in [-0.3, -0.25) is 0 Å². The van der Waals surface area contributed by atoms with Gasteiger partial charge in [-0.15, -0.1) is 0 Å². The summed E-state index contributed by atoms with van der Waals surface area (Å²) in [4.78, 5) is 10.6. The topological polar surface area (TPSA) is 17.1 Å². The fraction of sp³-hybridized carbons (Fsp3) is 0.909. The highest BCUT2D eigenvalue weighted by Crippen LogP contribution is 2.67. The average Bonchev–Trinajstić information content (AvgIpc) is 2.61. The zero-order valence-corrected chi connectivity index (χ0v) is 10.1. The molecule has 0 unspecified atom stereocenters. The van der Waals surface area contributed by atoms with E-state index in [0.717, 1.165) is 11.5 Å². The lowest BCUT2D eigenvalue weighted by Gasteiger charge is -2.27. The largest absolute Gasteiger partial charge is 0.303 e. The zero-order chi connectivity index (χ0) is 9.36. The van der Waals surface area contributed by atoms with Crippen molar-refractivity contribution in [1.82, 2.24) is 0 Å². The number of hydrogen-bond donors (Lipinski definition) is 0. The Kier molecular flexibility index (Phi) is 2.35. The minimum absolute atomic E-state index is 0.0362. The molecule has 0 spiro atoms. The molecule has 2 bridgehead atoms. The van der Waals surface area contributed by atoms with E-state index in [1.807, 2.05) is 0 Å². The second kappa shape index (κ2) is 3.23. The number of carbonyl (C=O) groups is 1. The van der Waals surface area contributed by atoms with Gasteiger partial charge in [0.15, 0.2) is 0 Å². The van der Waals surface area contributed by atoms with Crippen molar-refractivity contribution >= 4 is 15.8 Å². The minimum Gasteiger partial charge on any atom is -0.303 e. The van der Waals surface area contributed by atoms with Gasteiger partial charge in [0, 0.05) is 15.9 Å². The van der Waals surface area contributed by atoms with Crippen LogP contribution in [0.5, 0.6) is 0 Å². The lowest BCUT2D eigenvalue weighted by atomic mass is 9.79. The third-order valence-corrected chi connectivity index (χ3v) is 7.97. The molecule has 2 aliphatic heterocycles. The number of fused-ring (bicyclic) bond motifs is 2. The third-order valence-electron chi connectivity index (χ3n) is 4.42. The van der Waals surface area contributed by atoms with Crippen LogP contribution in [0.15, 0.2) is 0 Å². The van der Waals surface area contributed by atoms with E-state index in [-0.39, 0.29) is 9.52 Å². The second-order valence-electron chi connectivity index (χ2n) is 5.30. The van der Waals surface area contributed by atoms with Crippen molar-refractivity contribution in [1.29, 1.82) is 0 Å². The number of hydrogen-bond acceptors (Lipinski definition) is 1. The predicted octanol–water partition coefficient (Wildman–Crippen LogP) is 2.45. The van der Waals surface area contributed by atoms with Gasteiger partial charge in [-0.1, -0.05) is 32.6 Å². The average molecular weight is 196 g/mol. The van der Waals surface area contributed by atoms with Gasteiger partial charge in [-0.25, -0.2) is 0 Å². The molecule has 74 valence electrons. The monoisotopic (exact) mass is 196 g/mol. The molecule has 0 aromatic heterocycles. The van der Waals surface area contributed by atoms with Crippen LogP contribution >= 0.6 is 0 Å². The third kappa shape index (κ3) is 1.49. The molecule has 2 aliphatic rings. The molecule has 2 heterocycles. The Hall–Kier alpha value is -0.113. The summed E-state index contributed by atoms with van der Waals surface area (Å²) in [6, 6.07) is 0. The fourth-order valence-corrected chi connectivity index (χ4v) is 7.58. The highest BCUT2D eigenvalue weighted by molar-refractivity contribution is 6.47. The van der Waals surface area contributed by atoms with E-state index in [1.54, 1.807) is 0 Å². The number of carbonyl (C=O) groups excluding carboxylic acids is 1. The Morgan fingerprint density at radius 2 is 1.85 bits per heavy atom. The molecule has 2 fully saturated rings. The molecule has 1 nitrogen and oxygen atoms in total. The molecular weight excluding hydrogens is 176 g/mol. The van der Waals surface area contributed by atoms with E-state index < -0.39 is 0 Å². The summed E-state index contributed by atoms with van der Waals surface area (Å²) in [7, 11) is 0.0362. The van der Waals surface area contributed by atoms with Crippen molar-refractivity contribution in [2.45, 2.75) is 61.9 Å². The van der Waals surface area contributed by atoms with Crippen molar-refractivity contribution in [3.05, 3.63) is 0 Å². The van der Waals surface area contributed by atoms with Gasteiger partial charge in [-0.2, -0.15) is 0 Å². The molecule has 0 radical (unpaired) electrons. The summed E-state index contributed by atoms with van der Waals surface area (Å²) in [6.45, 7) is 2.31. The molecule has 0 saturated carbocycles. The highest BCUT2D eigenvalue weighted by atomic mass is 28.2. The van der Waals surface area contributed by atoms with Crippen LogP contribution in [-0.4, -0.2) is 15.8 Å². The van der Waals surface area contributed by atoms with E-state index in [2.05, 4.69) is 6.92 Å². The van der Waals surface area contributed by atoms with E-state index in [4.69, 9.17) is 0 Å². The Balaban J connectivity index is 2.05. The molecule has 2 rings (SSSR count). The molecular formula is C11H20OSi. The number of aldehydes is 1. The maximum absolute atomic E-state index is 10.6. The van der Waals surface area contributed by atoms with Crippen molar-refractivity contribution in [2.75, 3.05) is 0 Å². The summed E-state index contributed by atoms with van der Waals surface area (Å²) in [5.41, 5.74) is 0. The SMILES string of the molecule is CCCC12CCC(CC=O)(CC1)[SiH2]2. The van der Waals surface area contributed by atoms with Crippen molar-refractivity contribution in [3.8, 4) is 0 Å². The molecule has 0 N–H and O–H groups in total. The Bertz CT molecular complexity index is 204. The predicted molar refractivity (Wildman–Crippen MR) is 58.0 cm³/mol. The van der Waals surface area contributed by atoms with E-state index >= 15 is 0 Å². The van der Waals surface area contributed by atoms with Gasteiger partial charge in [0.05, 0.1) is 0 Å². The first-order valence-electron chi connectivity index (χ1n) is 5.68. The molecule has 13 heavy (non-hydrogen) atoms. The summed E-state index contributed by atoms with van der Waals surface area (Å²) in [5, 5.41) is 1.40. The highest BCUT2D eigenvalue weighted by Gasteiger charge is 2.53. The number of rotatable bonds is 4. The summed E-state index contributed by atoms with van der Waals surface area (Å²) in [6.07, 6.45) is 10.6. The first-order valence-corrected chi connectivity index (χ1v) is 7.09. The maximum Gasteiger partial charge on any atom is 0.120 e.